The zero-order chi connectivity index (χ0) is 7.98. The van der Waals surface area contributed by atoms with Gasteiger partial charge in [-0.05, 0) is 20.8 Å². The fraction of sp³-hybridized carbons (Fsp3) is 0.500. The summed E-state index contributed by atoms with van der Waals surface area (Å²) < 4.78 is 0. The molecule has 10 heavy (non-hydrogen) atoms. The Hall–Kier alpha value is -1.10. The van der Waals surface area contributed by atoms with E-state index in [9.17, 15) is 0 Å². The van der Waals surface area contributed by atoms with Crippen molar-refractivity contribution in [3.63, 3.8) is 0 Å². The molecule has 0 saturated carbocycles. The minimum atomic E-state index is 0.632. The summed E-state index contributed by atoms with van der Waals surface area (Å²) in [6.07, 6.45) is 4.97. The van der Waals surface area contributed by atoms with Crippen LogP contribution in [0.4, 0.5) is 0 Å². The molecule has 0 aliphatic heterocycles. The van der Waals surface area contributed by atoms with E-state index in [1.165, 1.54) is 11.3 Å². The Kier molecular flexibility index (Phi) is 4.23. The lowest BCUT2D eigenvalue weighted by atomic mass is 10.3. The Morgan fingerprint density at radius 1 is 1.40 bits per heavy atom. The third-order valence-electron chi connectivity index (χ3n) is 1.29. The Morgan fingerprint density at radius 3 is 2.40 bits per heavy atom. The predicted molar refractivity (Wildman–Crippen MR) is 44.0 cm³/mol. The lowest BCUT2D eigenvalue weighted by molar-refractivity contribution is 0.742. The second-order valence-corrected chi connectivity index (χ2v) is 2.30. The van der Waals surface area contributed by atoms with Crippen LogP contribution in [0.2, 0.25) is 0 Å². The zero-order valence-electron chi connectivity index (χ0n) is 6.78. The Balaban J connectivity index is 3.52. The lowest BCUT2D eigenvalue weighted by Crippen LogP contribution is -2.24. The van der Waals surface area contributed by atoms with Gasteiger partial charge in [-0.3, -0.25) is 0 Å². The molecule has 56 valence electrons. The van der Waals surface area contributed by atoms with Gasteiger partial charge in [0.15, 0.2) is 0 Å². The minimum absolute atomic E-state index is 0.632. The van der Waals surface area contributed by atoms with Gasteiger partial charge in [-0.2, -0.15) is 0 Å². The van der Waals surface area contributed by atoms with Crippen LogP contribution in [0.15, 0.2) is 11.3 Å². The van der Waals surface area contributed by atoms with E-state index in [4.69, 9.17) is 6.42 Å². The third kappa shape index (κ3) is 3.85. The van der Waals surface area contributed by atoms with Crippen molar-refractivity contribution < 1.29 is 0 Å². The molecule has 0 aromatic heterocycles. The van der Waals surface area contributed by atoms with E-state index >= 15 is 0 Å². The molecule has 0 rings (SSSR count). The van der Waals surface area contributed by atoms with Gasteiger partial charge in [0.05, 0.1) is 6.67 Å². The highest BCUT2D eigenvalue weighted by atomic mass is 15.0. The molecule has 2 nitrogen and oxygen atoms in total. The summed E-state index contributed by atoms with van der Waals surface area (Å²) in [6, 6.07) is 2.33. The predicted octanol–water partition coefficient (Wildman–Crippen LogP) is 1.03. The van der Waals surface area contributed by atoms with E-state index in [0.29, 0.717) is 6.67 Å². The smallest absolute Gasteiger partial charge is 0.0920 e. The monoisotopic (exact) mass is 138 g/mol. The maximum Gasteiger partial charge on any atom is 0.0920 e. The highest BCUT2D eigenvalue weighted by Gasteiger charge is 1.86. The zero-order valence-corrected chi connectivity index (χ0v) is 6.78. The van der Waals surface area contributed by atoms with Crippen molar-refractivity contribution in [2.75, 3.05) is 6.67 Å². The molecule has 0 aliphatic carbocycles. The molecule has 0 saturated heterocycles. The van der Waals surface area contributed by atoms with Crippen molar-refractivity contribution >= 4 is 0 Å². The van der Waals surface area contributed by atoms with Crippen LogP contribution in [0.25, 0.3) is 0 Å². The molecule has 0 aromatic rings. The first kappa shape index (κ1) is 8.90. The van der Waals surface area contributed by atoms with Gasteiger partial charge < -0.3 is 10.6 Å². The van der Waals surface area contributed by atoms with Crippen molar-refractivity contribution in [3.05, 3.63) is 11.3 Å². The molecule has 2 N–H and O–H groups in total. The summed E-state index contributed by atoms with van der Waals surface area (Å²) >= 11 is 0. The van der Waals surface area contributed by atoms with Crippen LogP contribution in [-0.2, 0) is 0 Å². The van der Waals surface area contributed by atoms with Crippen LogP contribution >= 0.6 is 0 Å². The number of allylic oxidation sites excluding steroid dienone is 2. The van der Waals surface area contributed by atoms with E-state index in [1.54, 1.807) is 0 Å². The normalized spacial score (nSPS) is 7.80. The molecule has 0 aromatic carbocycles. The molecule has 0 fully saturated rings. The summed E-state index contributed by atoms with van der Waals surface area (Å²) in [7, 11) is 0. The van der Waals surface area contributed by atoms with E-state index in [1.807, 2.05) is 6.92 Å². The van der Waals surface area contributed by atoms with E-state index in [-0.39, 0.29) is 0 Å². The molecule has 0 atom stereocenters. The van der Waals surface area contributed by atoms with Gasteiger partial charge in [-0.1, -0.05) is 12.0 Å². The van der Waals surface area contributed by atoms with Gasteiger partial charge in [0, 0.05) is 11.7 Å². The van der Waals surface area contributed by atoms with Crippen LogP contribution < -0.4 is 10.6 Å². The van der Waals surface area contributed by atoms with Gasteiger partial charge in [-0.15, -0.1) is 0 Å². The van der Waals surface area contributed by atoms with Gasteiger partial charge in [0.1, 0.15) is 0 Å². The molecule has 0 spiro atoms. The van der Waals surface area contributed by atoms with Crippen LogP contribution in [0.5, 0.6) is 0 Å². The number of hydrogen-bond donors (Lipinski definition) is 2. The largest absolute Gasteiger partial charge is 0.371 e. The van der Waals surface area contributed by atoms with Crippen LogP contribution in [0.3, 0.4) is 0 Å². The minimum Gasteiger partial charge on any atom is -0.371 e. The average molecular weight is 138 g/mol. The first-order valence-electron chi connectivity index (χ1n) is 3.25. The molecule has 0 amide bonds. The summed E-state index contributed by atoms with van der Waals surface area (Å²) in [5.41, 5.74) is 2.45. The second-order valence-electron chi connectivity index (χ2n) is 2.30. The van der Waals surface area contributed by atoms with Gasteiger partial charge in [-0.25, -0.2) is 0 Å². The molecule has 0 aliphatic rings. The van der Waals surface area contributed by atoms with Crippen LogP contribution in [0, 0.1) is 12.5 Å². The lowest BCUT2D eigenvalue weighted by Gasteiger charge is -2.06. The molecule has 0 radical (unpaired) electrons. The average Bonchev–Trinajstić information content (AvgIpc) is 1.88. The van der Waals surface area contributed by atoms with E-state index < -0.39 is 0 Å². The first-order chi connectivity index (χ1) is 4.68. The van der Waals surface area contributed by atoms with Gasteiger partial charge in [0.25, 0.3) is 0 Å². The quantitative estimate of drug-likeness (QED) is 0.263. The highest BCUT2D eigenvalue weighted by molar-refractivity contribution is 5.04. The summed E-state index contributed by atoms with van der Waals surface area (Å²) in [6.45, 7) is 6.76. The van der Waals surface area contributed by atoms with Crippen LogP contribution in [-0.4, -0.2) is 6.67 Å². The first-order valence-corrected chi connectivity index (χ1v) is 3.25. The number of hydrogen-bond acceptors (Lipinski definition) is 2. The van der Waals surface area contributed by atoms with Gasteiger partial charge in [0.2, 0.25) is 0 Å². The van der Waals surface area contributed by atoms with E-state index in [0.717, 1.165) is 0 Å². The topological polar surface area (TPSA) is 24.1 Å². The Labute approximate surface area is 62.7 Å². The summed E-state index contributed by atoms with van der Waals surface area (Å²) in [5, 5.41) is 5.83. The van der Waals surface area contributed by atoms with Crippen molar-refractivity contribution in [1.82, 2.24) is 10.6 Å². The standard InChI is InChI=1S/C8H14N2/c1-5-9-6-10-8(4)7(2)3/h1,9-10H,6H2,2-4H3. The second kappa shape index (κ2) is 4.75. The number of terminal acetylenes is 1. The molecule has 0 bridgehead atoms. The summed E-state index contributed by atoms with van der Waals surface area (Å²) in [4.78, 5) is 0. The Morgan fingerprint density at radius 2 is 2.00 bits per heavy atom. The van der Waals surface area contributed by atoms with Crippen molar-refractivity contribution in [3.8, 4) is 12.5 Å². The van der Waals surface area contributed by atoms with Crippen molar-refractivity contribution in [2.24, 2.45) is 0 Å². The van der Waals surface area contributed by atoms with Gasteiger partial charge >= 0.3 is 0 Å². The van der Waals surface area contributed by atoms with E-state index in [2.05, 4.69) is 30.5 Å². The molecule has 2 heteroatoms. The molecular formula is C8H14N2. The summed E-state index contributed by atoms with van der Waals surface area (Å²) in [5.74, 6) is 0. The molecule has 0 heterocycles. The maximum absolute atomic E-state index is 4.97. The maximum atomic E-state index is 4.97. The Bertz CT molecular complexity index is 159. The van der Waals surface area contributed by atoms with Crippen molar-refractivity contribution in [2.45, 2.75) is 20.8 Å². The SMILES string of the molecule is C#CNCNC(C)=C(C)C. The fourth-order valence-electron chi connectivity index (χ4n) is 0.405. The fourth-order valence-corrected chi connectivity index (χ4v) is 0.405. The van der Waals surface area contributed by atoms with Crippen LogP contribution in [0.1, 0.15) is 20.8 Å². The molecule has 0 unspecified atom stereocenters. The molecular weight excluding hydrogens is 124 g/mol. The number of rotatable bonds is 3. The number of nitrogens with one attached hydrogen (secondary N) is 2. The third-order valence-corrected chi connectivity index (χ3v) is 1.29. The highest BCUT2D eigenvalue weighted by Crippen LogP contribution is 1.95. The van der Waals surface area contributed by atoms with Crippen molar-refractivity contribution in [1.29, 1.82) is 0 Å².